The minimum Gasteiger partial charge on any atom is -0.443 e. The van der Waals surface area contributed by atoms with E-state index in [1.807, 2.05) is 44.2 Å². The Hall–Kier alpha value is -2.36. The van der Waals surface area contributed by atoms with Gasteiger partial charge in [0.1, 0.15) is 5.76 Å². The van der Waals surface area contributed by atoms with Gasteiger partial charge in [-0.25, -0.2) is 4.79 Å². The van der Waals surface area contributed by atoms with Crippen LogP contribution in [0, 0.1) is 13.8 Å². The summed E-state index contributed by atoms with van der Waals surface area (Å²) < 4.78 is 6.94. The maximum Gasteiger partial charge on any atom is 0.351 e. The molecule has 0 amide bonds. The summed E-state index contributed by atoms with van der Waals surface area (Å²) in [5, 5.41) is 0.851. The lowest BCUT2D eigenvalue weighted by atomic mass is 10.1. The topological polar surface area (TPSA) is 48.0 Å². The molecule has 4 heteroatoms. The van der Waals surface area contributed by atoms with Gasteiger partial charge < -0.3 is 4.42 Å². The number of hydrogen-bond donors (Lipinski definition) is 0. The van der Waals surface area contributed by atoms with Crippen molar-refractivity contribution in [3.63, 3.8) is 0 Å². The average molecular weight is 254 g/mol. The van der Waals surface area contributed by atoms with Gasteiger partial charge in [0, 0.05) is 6.20 Å². The summed E-state index contributed by atoms with van der Waals surface area (Å²) in [6, 6.07) is 10.00. The van der Waals surface area contributed by atoms with Crippen molar-refractivity contribution in [1.82, 2.24) is 9.55 Å². The summed E-state index contributed by atoms with van der Waals surface area (Å²) in [7, 11) is 0. The highest BCUT2D eigenvalue weighted by molar-refractivity contribution is 5.72. The molecule has 0 aliphatic rings. The molecule has 3 aromatic rings. The molecule has 0 bridgehead atoms. The Balaban J connectivity index is 2.02. The van der Waals surface area contributed by atoms with Gasteiger partial charge in [-0.3, -0.25) is 4.57 Å². The molecule has 0 saturated heterocycles. The minimum atomic E-state index is -0.289. The van der Waals surface area contributed by atoms with Crippen molar-refractivity contribution in [2.75, 3.05) is 0 Å². The zero-order valence-electron chi connectivity index (χ0n) is 10.9. The number of rotatable bonds is 2. The van der Waals surface area contributed by atoms with E-state index in [2.05, 4.69) is 4.98 Å². The Morgan fingerprint density at radius 1 is 1.21 bits per heavy atom. The Kier molecular flexibility index (Phi) is 2.71. The van der Waals surface area contributed by atoms with Gasteiger partial charge in [0.15, 0.2) is 0 Å². The van der Waals surface area contributed by atoms with Crippen LogP contribution in [0.1, 0.15) is 16.9 Å². The normalized spacial score (nSPS) is 11.1. The van der Waals surface area contributed by atoms with Crippen molar-refractivity contribution in [3.05, 3.63) is 63.9 Å². The van der Waals surface area contributed by atoms with E-state index in [0.29, 0.717) is 12.3 Å². The number of hydrogen-bond acceptors (Lipinski definition) is 3. The third kappa shape index (κ3) is 2.29. The average Bonchev–Trinajstić information content (AvgIpc) is 2.72. The number of benzene rings is 1. The van der Waals surface area contributed by atoms with Crippen molar-refractivity contribution in [2.45, 2.75) is 20.4 Å². The molecule has 1 aromatic carbocycles. The SMILES string of the molecule is Cc1ccc(Cn2cc3cc(C)oc3nc2=O)cc1. The standard InChI is InChI=1S/C15H14N2O2/c1-10-3-5-12(6-4-10)8-17-9-13-7-11(2)19-14(13)16-15(17)18/h3-7,9H,8H2,1-2H3. The molecule has 0 unspecified atom stereocenters. The summed E-state index contributed by atoms with van der Waals surface area (Å²) in [6.07, 6.45) is 1.79. The molecule has 96 valence electrons. The van der Waals surface area contributed by atoms with Gasteiger partial charge >= 0.3 is 5.69 Å². The maximum atomic E-state index is 11.9. The van der Waals surface area contributed by atoms with E-state index in [1.54, 1.807) is 10.8 Å². The summed E-state index contributed by atoms with van der Waals surface area (Å²) in [5.74, 6) is 0.759. The number of fused-ring (bicyclic) bond motifs is 1. The minimum absolute atomic E-state index is 0.289. The Morgan fingerprint density at radius 3 is 2.68 bits per heavy atom. The van der Waals surface area contributed by atoms with Gasteiger partial charge in [-0.05, 0) is 25.5 Å². The Morgan fingerprint density at radius 2 is 1.95 bits per heavy atom. The predicted octanol–water partition coefficient (Wildman–Crippen LogP) is 2.65. The molecule has 0 saturated carbocycles. The first kappa shape index (κ1) is 11.7. The van der Waals surface area contributed by atoms with Gasteiger partial charge in [-0.2, -0.15) is 4.98 Å². The van der Waals surface area contributed by atoms with Crippen LogP contribution in [-0.2, 0) is 6.54 Å². The lowest BCUT2D eigenvalue weighted by Crippen LogP contribution is -2.22. The lowest BCUT2D eigenvalue weighted by Gasteiger charge is -2.05. The second kappa shape index (κ2) is 4.39. The molecule has 2 aromatic heterocycles. The number of aromatic nitrogens is 2. The van der Waals surface area contributed by atoms with Gasteiger partial charge in [-0.1, -0.05) is 29.8 Å². The third-order valence-corrected chi connectivity index (χ3v) is 3.07. The molecular formula is C15H14N2O2. The van der Waals surface area contributed by atoms with Crippen LogP contribution in [0.3, 0.4) is 0 Å². The molecule has 0 N–H and O–H groups in total. The molecule has 3 rings (SSSR count). The molecule has 0 fully saturated rings. The lowest BCUT2D eigenvalue weighted by molar-refractivity contribution is 0.562. The smallest absolute Gasteiger partial charge is 0.351 e. The molecule has 19 heavy (non-hydrogen) atoms. The van der Waals surface area contributed by atoms with E-state index in [1.165, 1.54) is 5.56 Å². The fourth-order valence-electron chi connectivity index (χ4n) is 2.08. The summed E-state index contributed by atoms with van der Waals surface area (Å²) in [5.41, 5.74) is 2.40. The van der Waals surface area contributed by atoms with Crippen LogP contribution in [0.4, 0.5) is 0 Å². The van der Waals surface area contributed by atoms with Crippen LogP contribution in [0.25, 0.3) is 11.1 Å². The van der Waals surface area contributed by atoms with Crippen LogP contribution in [0.15, 0.2) is 45.7 Å². The van der Waals surface area contributed by atoms with E-state index in [9.17, 15) is 4.79 Å². The highest BCUT2D eigenvalue weighted by Gasteiger charge is 2.06. The molecule has 0 atom stereocenters. The first-order valence-electron chi connectivity index (χ1n) is 6.15. The van der Waals surface area contributed by atoms with Gasteiger partial charge in [0.2, 0.25) is 5.71 Å². The molecule has 0 aliphatic heterocycles. The van der Waals surface area contributed by atoms with Crippen LogP contribution < -0.4 is 5.69 Å². The quantitative estimate of drug-likeness (QED) is 0.706. The molecular weight excluding hydrogens is 240 g/mol. The van der Waals surface area contributed by atoms with Crippen molar-refractivity contribution in [2.24, 2.45) is 0 Å². The monoisotopic (exact) mass is 254 g/mol. The third-order valence-electron chi connectivity index (χ3n) is 3.07. The molecule has 2 heterocycles. The first-order chi connectivity index (χ1) is 9.11. The van der Waals surface area contributed by atoms with Crippen molar-refractivity contribution < 1.29 is 4.42 Å². The zero-order valence-corrected chi connectivity index (χ0v) is 10.9. The largest absolute Gasteiger partial charge is 0.443 e. The van der Waals surface area contributed by atoms with E-state index in [4.69, 9.17) is 4.42 Å². The van der Waals surface area contributed by atoms with E-state index >= 15 is 0 Å². The highest BCUT2D eigenvalue weighted by Crippen LogP contribution is 2.14. The van der Waals surface area contributed by atoms with E-state index in [0.717, 1.165) is 16.7 Å². The fourth-order valence-corrected chi connectivity index (χ4v) is 2.08. The number of aryl methyl sites for hydroxylation is 2. The zero-order chi connectivity index (χ0) is 13.4. The van der Waals surface area contributed by atoms with E-state index in [-0.39, 0.29) is 5.69 Å². The van der Waals surface area contributed by atoms with Gasteiger partial charge in [-0.15, -0.1) is 0 Å². The van der Waals surface area contributed by atoms with Crippen LogP contribution >= 0.6 is 0 Å². The first-order valence-corrected chi connectivity index (χ1v) is 6.15. The molecule has 4 nitrogen and oxygen atoms in total. The number of nitrogens with zero attached hydrogens (tertiary/aromatic N) is 2. The summed E-state index contributed by atoms with van der Waals surface area (Å²) >= 11 is 0. The fraction of sp³-hybridized carbons (Fsp3) is 0.200. The highest BCUT2D eigenvalue weighted by atomic mass is 16.3. The maximum absolute atomic E-state index is 11.9. The Bertz CT molecular complexity index is 782. The Labute approximate surface area is 110 Å². The summed E-state index contributed by atoms with van der Waals surface area (Å²) in [6.45, 7) is 4.40. The second-order valence-corrected chi connectivity index (χ2v) is 4.75. The summed E-state index contributed by atoms with van der Waals surface area (Å²) in [4.78, 5) is 15.9. The van der Waals surface area contributed by atoms with Crippen molar-refractivity contribution in [1.29, 1.82) is 0 Å². The van der Waals surface area contributed by atoms with Crippen LogP contribution in [-0.4, -0.2) is 9.55 Å². The predicted molar refractivity (Wildman–Crippen MR) is 73.3 cm³/mol. The van der Waals surface area contributed by atoms with Crippen molar-refractivity contribution >= 4 is 11.1 Å². The van der Waals surface area contributed by atoms with Crippen molar-refractivity contribution in [3.8, 4) is 0 Å². The van der Waals surface area contributed by atoms with Gasteiger partial charge in [0.25, 0.3) is 0 Å². The molecule has 0 radical (unpaired) electrons. The van der Waals surface area contributed by atoms with E-state index < -0.39 is 0 Å². The van der Waals surface area contributed by atoms with Crippen LogP contribution in [0.5, 0.6) is 0 Å². The molecule has 0 spiro atoms. The van der Waals surface area contributed by atoms with Crippen LogP contribution in [0.2, 0.25) is 0 Å². The second-order valence-electron chi connectivity index (χ2n) is 4.75. The van der Waals surface area contributed by atoms with Gasteiger partial charge in [0.05, 0.1) is 11.9 Å². The molecule has 0 aliphatic carbocycles. The number of furan rings is 1.